The Morgan fingerprint density at radius 1 is 1.06 bits per heavy atom. The van der Waals surface area contributed by atoms with Crippen molar-refractivity contribution in [2.24, 2.45) is 5.73 Å². The van der Waals surface area contributed by atoms with Crippen molar-refractivity contribution in [1.82, 2.24) is 9.88 Å². The molecule has 32 heavy (non-hydrogen) atoms. The molecule has 1 aliphatic carbocycles. The van der Waals surface area contributed by atoms with Gasteiger partial charge in [-0.25, -0.2) is 0 Å². The van der Waals surface area contributed by atoms with Crippen LogP contribution in [0.5, 0.6) is 17.2 Å². The number of methoxy groups -OCH3 is 1. The Morgan fingerprint density at radius 2 is 1.88 bits per heavy atom. The fourth-order valence-electron chi connectivity index (χ4n) is 4.41. The van der Waals surface area contributed by atoms with Crippen LogP contribution in [0.3, 0.4) is 0 Å². The predicted octanol–water partition coefficient (Wildman–Crippen LogP) is 3.70. The minimum absolute atomic E-state index is 0.114. The van der Waals surface area contributed by atoms with Gasteiger partial charge in [0.1, 0.15) is 17.2 Å². The summed E-state index contributed by atoms with van der Waals surface area (Å²) < 4.78 is 11.4. The molecule has 3 aromatic rings. The van der Waals surface area contributed by atoms with Crippen molar-refractivity contribution in [2.45, 2.75) is 19.3 Å². The van der Waals surface area contributed by atoms with E-state index in [1.807, 2.05) is 29.2 Å². The third-order valence-corrected chi connectivity index (χ3v) is 6.03. The molecular weight excluding hydrogens is 406 g/mol. The molecule has 1 aliphatic heterocycles. The minimum atomic E-state index is -0.586. The normalized spacial score (nSPS) is 14.9. The number of fused-ring (bicyclic) bond motifs is 2. The van der Waals surface area contributed by atoms with Crippen LogP contribution in [0.2, 0.25) is 0 Å². The number of ether oxygens (including phenoxy) is 2. The van der Waals surface area contributed by atoms with Crippen LogP contribution in [-0.4, -0.2) is 41.9 Å². The highest BCUT2D eigenvalue weighted by Crippen LogP contribution is 2.36. The summed E-state index contributed by atoms with van der Waals surface area (Å²) in [5.74, 6) is 1.10. The Hall–Kier alpha value is -3.87. The fourth-order valence-corrected chi connectivity index (χ4v) is 4.41. The summed E-state index contributed by atoms with van der Waals surface area (Å²) in [5, 5.41) is 0.658. The smallest absolute Gasteiger partial charge is 0.254 e. The summed E-state index contributed by atoms with van der Waals surface area (Å²) in [6.07, 6.45) is 6.48. The first-order valence-electron chi connectivity index (χ1n) is 10.6. The molecule has 2 amide bonds. The van der Waals surface area contributed by atoms with Crippen molar-refractivity contribution in [2.75, 3.05) is 20.2 Å². The molecule has 0 bridgehead atoms. The number of amides is 2. The molecule has 5 rings (SSSR count). The van der Waals surface area contributed by atoms with Crippen LogP contribution >= 0.6 is 0 Å². The molecule has 0 saturated carbocycles. The van der Waals surface area contributed by atoms with E-state index in [2.05, 4.69) is 4.98 Å². The van der Waals surface area contributed by atoms with Gasteiger partial charge in [-0.05, 0) is 54.7 Å². The lowest BCUT2D eigenvalue weighted by atomic mass is 10.0. The number of hydrogen-bond donors (Lipinski definition) is 1. The van der Waals surface area contributed by atoms with E-state index >= 15 is 0 Å². The number of likely N-dealkylation sites (tertiary alicyclic amines) is 1. The number of pyridine rings is 1. The highest BCUT2D eigenvalue weighted by atomic mass is 16.5. The number of carbonyl (C=O) groups is 2. The number of rotatable bonds is 5. The topological polar surface area (TPSA) is 94.8 Å². The molecule has 0 atom stereocenters. The second-order valence-corrected chi connectivity index (χ2v) is 7.99. The van der Waals surface area contributed by atoms with E-state index in [1.165, 1.54) is 7.11 Å². The quantitative estimate of drug-likeness (QED) is 0.667. The van der Waals surface area contributed by atoms with E-state index in [0.717, 1.165) is 42.6 Å². The van der Waals surface area contributed by atoms with Gasteiger partial charge in [-0.1, -0.05) is 12.1 Å². The van der Waals surface area contributed by atoms with Gasteiger partial charge in [0, 0.05) is 36.3 Å². The van der Waals surface area contributed by atoms with Crippen LogP contribution in [0.25, 0.3) is 16.5 Å². The summed E-state index contributed by atoms with van der Waals surface area (Å²) in [4.78, 5) is 31.0. The molecule has 0 radical (unpaired) electrons. The highest BCUT2D eigenvalue weighted by Gasteiger charge is 2.26. The first kappa shape index (κ1) is 20.1. The molecule has 0 spiro atoms. The lowest BCUT2D eigenvalue weighted by Crippen LogP contribution is -2.28. The monoisotopic (exact) mass is 429 g/mol. The van der Waals surface area contributed by atoms with E-state index in [9.17, 15) is 9.59 Å². The van der Waals surface area contributed by atoms with Crippen LogP contribution in [0, 0.1) is 0 Å². The zero-order chi connectivity index (χ0) is 22.2. The van der Waals surface area contributed by atoms with E-state index in [4.69, 9.17) is 15.2 Å². The molecule has 2 aliphatic rings. The average Bonchev–Trinajstić information content (AvgIpc) is 3.48. The van der Waals surface area contributed by atoms with Gasteiger partial charge in [-0.15, -0.1) is 0 Å². The Kier molecular flexibility index (Phi) is 5.01. The molecule has 0 unspecified atom stereocenters. The van der Waals surface area contributed by atoms with E-state index < -0.39 is 5.91 Å². The Labute approximate surface area is 185 Å². The van der Waals surface area contributed by atoms with Gasteiger partial charge < -0.3 is 20.1 Å². The number of aromatic nitrogens is 1. The lowest BCUT2D eigenvalue weighted by Gasteiger charge is -2.17. The third kappa shape index (κ3) is 3.45. The number of nitrogens with zero attached hydrogens (tertiary/aromatic N) is 2. The summed E-state index contributed by atoms with van der Waals surface area (Å²) in [6.45, 7) is 1.67. The number of hydrogen-bond acceptors (Lipinski definition) is 5. The van der Waals surface area contributed by atoms with Crippen LogP contribution in [0.1, 0.15) is 34.3 Å². The molecule has 7 heteroatoms. The van der Waals surface area contributed by atoms with E-state index in [-0.39, 0.29) is 11.5 Å². The van der Waals surface area contributed by atoms with Gasteiger partial charge in [0.2, 0.25) is 0 Å². The van der Waals surface area contributed by atoms with Crippen molar-refractivity contribution < 1.29 is 19.1 Å². The predicted molar refractivity (Wildman–Crippen MR) is 121 cm³/mol. The summed E-state index contributed by atoms with van der Waals surface area (Å²) in [7, 11) is 1.48. The first-order chi connectivity index (χ1) is 15.5. The fraction of sp³-hybridized carbons (Fsp3) is 0.240. The Balaban J connectivity index is 1.45. The second kappa shape index (κ2) is 8.00. The maximum Gasteiger partial charge on any atom is 0.254 e. The largest absolute Gasteiger partial charge is 0.496 e. The molecule has 1 fully saturated rings. The number of benzene rings is 2. The van der Waals surface area contributed by atoms with Gasteiger partial charge in [0.15, 0.2) is 0 Å². The van der Waals surface area contributed by atoms with E-state index in [1.54, 1.807) is 24.4 Å². The number of carbonyl (C=O) groups excluding carboxylic acids is 2. The zero-order valence-electron chi connectivity index (χ0n) is 17.8. The van der Waals surface area contributed by atoms with Crippen LogP contribution in [-0.2, 0) is 11.2 Å². The van der Waals surface area contributed by atoms with Crippen molar-refractivity contribution in [3.63, 3.8) is 0 Å². The van der Waals surface area contributed by atoms with Crippen molar-refractivity contribution in [3.05, 3.63) is 65.4 Å². The molecule has 1 aromatic heterocycles. The van der Waals surface area contributed by atoms with Gasteiger partial charge in [-0.2, -0.15) is 0 Å². The van der Waals surface area contributed by atoms with Crippen molar-refractivity contribution in [3.8, 4) is 17.2 Å². The molecule has 2 aromatic carbocycles. The number of primary amides is 1. The van der Waals surface area contributed by atoms with E-state index in [0.29, 0.717) is 34.6 Å². The lowest BCUT2D eigenvalue weighted by molar-refractivity contribution is -0.124. The first-order valence-corrected chi connectivity index (χ1v) is 10.6. The van der Waals surface area contributed by atoms with Crippen LogP contribution in [0.4, 0.5) is 0 Å². The van der Waals surface area contributed by atoms with Gasteiger partial charge in [0.05, 0.1) is 18.2 Å². The standard InChI is InChI=1S/C25H23N3O4/c1-31-23-14-21-19(13-20(23)24(26)29)22(8-9-27-21)32-16-5-7-17-15(12-16)4-6-18(17)25(30)28-10-2-3-11-28/h5-9,12-14H,2-4,10-11H2,1H3,(H2,26,29). The maximum atomic E-state index is 12.8. The maximum absolute atomic E-state index is 12.8. The van der Waals surface area contributed by atoms with Crippen molar-refractivity contribution >= 4 is 28.3 Å². The SMILES string of the molecule is COc1cc2nccc(Oc3ccc4c(c3)CC=C4C(=O)N3CCCC3)c2cc1C(N)=O. The van der Waals surface area contributed by atoms with Crippen LogP contribution in [0.15, 0.2) is 48.7 Å². The zero-order valence-corrected chi connectivity index (χ0v) is 17.8. The summed E-state index contributed by atoms with van der Waals surface area (Å²) in [5.41, 5.74) is 9.21. The molecule has 7 nitrogen and oxygen atoms in total. The summed E-state index contributed by atoms with van der Waals surface area (Å²) in [6, 6.07) is 10.8. The Bertz CT molecular complexity index is 1280. The minimum Gasteiger partial charge on any atom is -0.496 e. The number of allylic oxidation sites excluding steroid dienone is 1. The van der Waals surface area contributed by atoms with Gasteiger partial charge in [0.25, 0.3) is 11.8 Å². The Morgan fingerprint density at radius 3 is 2.62 bits per heavy atom. The molecule has 2 heterocycles. The molecule has 162 valence electrons. The van der Waals surface area contributed by atoms with Gasteiger partial charge >= 0.3 is 0 Å². The summed E-state index contributed by atoms with van der Waals surface area (Å²) >= 11 is 0. The van der Waals surface area contributed by atoms with Crippen molar-refractivity contribution in [1.29, 1.82) is 0 Å². The third-order valence-electron chi connectivity index (χ3n) is 6.03. The molecule has 2 N–H and O–H groups in total. The van der Waals surface area contributed by atoms with Crippen LogP contribution < -0.4 is 15.2 Å². The second-order valence-electron chi connectivity index (χ2n) is 7.99. The number of nitrogens with two attached hydrogens (primary N) is 1. The van der Waals surface area contributed by atoms with Gasteiger partial charge in [-0.3, -0.25) is 14.6 Å². The molecular formula is C25H23N3O4. The average molecular weight is 429 g/mol. The highest BCUT2D eigenvalue weighted by molar-refractivity contribution is 6.21. The molecule has 1 saturated heterocycles.